The van der Waals surface area contributed by atoms with Crippen molar-refractivity contribution in [1.82, 2.24) is 9.97 Å². The van der Waals surface area contributed by atoms with Gasteiger partial charge in [-0.3, -0.25) is 9.59 Å². The van der Waals surface area contributed by atoms with E-state index in [4.69, 9.17) is 11.6 Å². The van der Waals surface area contributed by atoms with Gasteiger partial charge >= 0.3 is 0 Å². The average Bonchev–Trinajstić information content (AvgIpc) is 2.56. The van der Waals surface area contributed by atoms with Gasteiger partial charge in [0.1, 0.15) is 5.69 Å². The molecule has 1 amide bonds. The zero-order valence-electron chi connectivity index (χ0n) is 13.1. The molecule has 0 aliphatic carbocycles. The van der Waals surface area contributed by atoms with Crippen LogP contribution in [0.4, 0.5) is 5.69 Å². The van der Waals surface area contributed by atoms with Crippen LogP contribution in [0.1, 0.15) is 17.7 Å². The van der Waals surface area contributed by atoms with Crippen molar-refractivity contribution < 1.29 is 4.79 Å². The highest BCUT2D eigenvalue weighted by atomic mass is 35.5. The Bertz CT molecular complexity index is 966. The van der Waals surface area contributed by atoms with Crippen molar-refractivity contribution >= 4 is 34.2 Å². The Morgan fingerprint density at radius 1 is 1.25 bits per heavy atom. The zero-order valence-corrected chi connectivity index (χ0v) is 13.9. The summed E-state index contributed by atoms with van der Waals surface area (Å²) in [5.41, 5.74) is 3.08. The number of halogens is 1. The van der Waals surface area contributed by atoms with Gasteiger partial charge in [-0.15, -0.1) is 0 Å². The first-order chi connectivity index (χ1) is 11.5. The normalized spacial score (nSPS) is 10.8. The summed E-state index contributed by atoms with van der Waals surface area (Å²) in [6.07, 6.45) is 0.436. The number of H-pyrrole nitrogens is 1. The molecular weight excluding hydrogens is 326 g/mol. The van der Waals surface area contributed by atoms with Gasteiger partial charge in [0, 0.05) is 23.6 Å². The lowest BCUT2D eigenvalue weighted by molar-refractivity contribution is -0.116. The summed E-state index contributed by atoms with van der Waals surface area (Å²) in [5, 5.41) is 3.37. The lowest BCUT2D eigenvalue weighted by atomic mass is 10.2. The quantitative estimate of drug-likeness (QED) is 0.763. The van der Waals surface area contributed by atoms with Crippen LogP contribution in [-0.2, 0) is 11.2 Å². The molecule has 0 fully saturated rings. The van der Waals surface area contributed by atoms with Crippen LogP contribution in [0.25, 0.3) is 11.0 Å². The second-order valence-corrected chi connectivity index (χ2v) is 5.97. The largest absolute Gasteiger partial charge is 0.326 e. The molecule has 5 nitrogen and oxygen atoms in total. The van der Waals surface area contributed by atoms with Crippen LogP contribution in [0.15, 0.2) is 47.3 Å². The van der Waals surface area contributed by atoms with Gasteiger partial charge in [0.05, 0.1) is 11.0 Å². The Morgan fingerprint density at radius 2 is 2.04 bits per heavy atom. The minimum Gasteiger partial charge on any atom is -0.326 e. The average molecular weight is 342 g/mol. The number of aromatic nitrogens is 2. The molecule has 0 unspecified atom stereocenters. The third kappa shape index (κ3) is 3.63. The monoisotopic (exact) mass is 341 g/mol. The lowest BCUT2D eigenvalue weighted by Crippen LogP contribution is -2.19. The van der Waals surface area contributed by atoms with Gasteiger partial charge in [-0.2, -0.15) is 0 Å². The smallest absolute Gasteiger partial charge is 0.270 e. The SMILES string of the molecule is Cc1ccc(Cl)cc1NC(=O)CCc1nc2ccccc2[nH]c1=O. The highest BCUT2D eigenvalue weighted by molar-refractivity contribution is 6.31. The van der Waals surface area contributed by atoms with E-state index in [1.54, 1.807) is 18.2 Å². The third-order valence-corrected chi connectivity index (χ3v) is 3.97. The molecule has 3 aromatic rings. The Hall–Kier alpha value is -2.66. The molecule has 2 N–H and O–H groups in total. The first-order valence-electron chi connectivity index (χ1n) is 7.57. The molecule has 2 aromatic carbocycles. The van der Waals surface area contributed by atoms with Crippen molar-refractivity contribution in [2.75, 3.05) is 5.32 Å². The molecule has 0 atom stereocenters. The minimum atomic E-state index is -0.263. The summed E-state index contributed by atoms with van der Waals surface area (Å²) < 4.78 is 0. The molecule has 0 bridgehead atoms. The molecule has 1 heterocycles. The van der Waals surface area contributed by atoms with Crippen molar-refractivity contribution in [2.45, 2.75) is 19.8 Å². The molecule has 0 spiro atoms. The number of carbonyl (C=O) groups excluding carboxylic acids is 1. The highest BCUT2D eigenvalue weighted by Gasteiger charge is 2.09. The second-order valence-electron chi connectivity index (χ2n) is 5.54. The first-order valence-corrected chi connectivity index (χ1v) is 7.94. The molecule has 0 saturated heterocycles. The van der Waals surface area contributed by atoms with E-state index < -0.39 is 0 Å². The van der Waals surface area contributed by atoms with E-state index in [9.17, 15) is 9.59 Å². The topological polar surface area (TPSA) is 74.8 Å². The second kappa shape index (κ2) is 6.84. The van der Waals surface area contributed by atoms with Gasteiger partial charge in [-0.05, 0) is 36.8 Å². The van der Waals surface area contributed by atoms with Crippen LogP contribution in [0.3, 0.4) is 0 Å². The number of para-hydroxylation sites is 2. The molecule has 1 aromatic heterocycles. The molecule has 24 heavy (non-hydrogen) atoms. The maximum absolute atomic E-state index is 12.1. The van der Waals surface area contributed by atoms with E-state index in [0.29, 0.717) is 27.4 Å². The predicted molar refractivity (Wildman–Crippen MR) is 95.5 cm³/mol. The number of hydrogen-bond donors (Lipinski definition) is 2. The number of aryl methyl sites for hydroxylation is 2. The maximum Gasteiger partial charge on any atom is 0.270 e. The van der Waals surface area contributed by atoms with Gasteiger partial charge < -0.3 is 10.3 Å². The number of rotatable bonds is 4. The van der Waals surface area contributed by atoms with Crippen LogP contribution in [0, 0.1) is 6.92 Å². The lowest BCUT2D eigenvalue weighted by Gasteiger charge is -2.08. The zero-order chi connectivity index (χ0) is 17.1. The summed E-state index contributed by atoms with van der Waals surface area (Å²) in [6, 6.07) is 12.6. The third-order valence-electron chi connectivity index (χ3n) is 3.73. The minimum absolute atomic E-state index is 0.167. The summed E-state index contributed by atoms with van der Waals surface area (Å²) in [6.45, 7) is 1.89. The fourth-order valence-corrected chi connectivity index (χ4v) is 2.58. The number of fused-ring (bicyclic) bond motifs is 1. The molecule has 0 saturated carbocycles. The van der Waals surface area contributed by atoms with Crippen LogP contribution in [0.5, 0.6) is 0 Å². The molecule has 122 valence electrons. The molecule has 0 radical (unpaired) electrons. The Balaban J connectivity index is 1.71. The van der Waals surface area contributed by atoms with Crippen molar-refractivity contribution in [2.24, 2.45) is 0 Å². The van der Waals surface area contributed by atoms with Gasteiger partial charge in [-0.1, -0.05) is 29.8 Å². The number of nitrogens with one attached hydrogen (secondary N) is 2. The fraction of sp³-hybridized carbons (Fsp3) is 0.167. The van der Waals surface area contributed by atoms with E-state index in [1.165, 1.54) is 0 Å². The van der Waals surface area contributed by atoms with E-state index >= 15 is 0 Å². The van der Waals surface area contributed by atoms with Gasteiger partial charge in [0.2, 0.25) is 5.91 Å². The number of anilines is 1. The van der Waals surface area contributed by atoms with Crippen LogP contribution >= 0.6 is 11.6 Å². The summed E-state index contributed by atoms with van der Waals surface area (Å²) in [4.78, 5) is 31.3. The van der Waals surface area contributed by atoms with Crippen molar-refractivity contribution in [3.63, 3.8) is 0 Å². The summed E-state index contributed by atoms with van der Waals surface area (Å²) in [7, 11) is 0. The standard InChI is InChI=1S/C18H16ClN3O2/c1-11-6-7-12(19)10-16(11)21-17(23)9-8-15-18(24)22-14-5-3-2-4-13(14)20-15/h2-7,10H,8-9H2,1H3,(H,21,23)(H,22,24). The van der Waals surface area contributed by atoms with Crippen LogP contribution < -0.4 is 10.9 Å². The van der Waals surface area contributed by atoms with Crippen molar-refractivity contribution in [1.29, 1.82) is 0 Å². The Kier molecular flexibility index (Phi) is 4.62. The molecule has 0 aliphatic heterocycles. The van der Waals surface area contributed by atoms with Gasteiger partial charge in [0.15, 0.2) is 0 Å². The number of aromatic amines is 1. The van der Waals surface area contributed by atoms with Crippen molar-refractivity contribution in [3.8, 4) is 0 Å². The number of hydrogen-bond acceptors (Lipinski definition) is 3. The Morgan fingerprint density at radius 3 is 2.88 bits per heavy atom. The molecular formula is C18H16ClN3O2. The summed E-state index contributed by atoms with van der Waals surface area (Å²) >= 11 is 5.94. The highest BCUT2D eigenvalue weighted by Crippen LogP contribution is 2.20. The first kappa shape index (κ1) is 16.2. The van der Waals surface area contributed by atoms with E-state index in [-0.39, 0.29) is 24.3 Å². The van der Waals surface area contributed by atoms with E-state index in [1.807, 2.05) is 31.2 Å². The maximum atomic E-state index is 12.1. The van der Waals surface area contributed by atoms with E-state index in [2.05, 4.69) is 15.3 Å². The number of nitrogens with zero attached hydrogens (tertiary/aromatic N) is 1. The fourth-order valence-electron chi connectivity index (χ4n) is 2.41. The Labute approximate surface area is 143 Å². The molecule has 3 rings (SSSR count). The van der Waals surface area contributed by atoms with Gasteiger partial charge in [-0.25, -0.2) is 4.98 Å². The van der Waals surface area contributed by atoms with Gasteiger partial charge in [0.25, 0.3) is 5.56 Å². The number of benzene rings is 2. The molecule has 6 heteroatoms. The van der Waals surface area contributed by atoms with Crippen LogP contribution in [0.2, 0.25) is 5.02 Å². The summed E-state index contributed by atoms with van der Waals surface area (Å²) in [5.74, 6) is -0.185. The van der Waals surface area contributed by atoms with E-state index in [0.717, 1.165) is 5.56 Å². The van der Waals surface area contributed by atoms with Crippen LogP contribution in [-0.4, -0.2) is 15.9 Å². The number of amides is 1. The molecule has 0 aliphatic rings. The number of carbonyl (C=O) groups is 1. The predicted octanol–water partition coefficient (Wildman–Crippen LogP) is 3.46. The van der Waals surface area contributed by atoms with Crippen molar-refractivity contribution in [3.05, 3.63) is 69.1 Å².